The second-order valence-corrected chi connectivity index (χ2v) is 6.23. The molecule has 1 saturated carbocycles. The largest absolute Gasteiger partial charge is 0.452 e. The van der Waals surface area contributed by atoms with Crippen molar-refractivity contribution in [3.05, 3.63) is 0 Å². The average Bonchev–Trinajstić information content (AvgIpc) is 2.55. The quantitative estimate of drug-likeness (QED) is 0.468. The maximum absolute atomic E-state index is 12.3. The van der Waals surface area contributed by atoms with E-state index in [1.165, 1.54) is 38.3 Å². The molecule has 0 aromatic heterocycles. The molecule has 7 nitrogen and oxygen atoms in total. The van der Waals surface area contributed by atoms with Crippen LogP contribution in [0.15, 0.2) is 4.99 Å². The van der Waals surface area contributed by atoms with Gasteiger partial charge in [0.1, 0.15) is 0 Å². The molecule has 0 bridgehead atoms. The molecular formula is C17H32N4O3. The van der Waals surface area contributed by atoms with Crippen LogP contribution in [0.4, 0.5) is 9.59 Å². The number of nitrogens with zero attached hydrogens (tertiary/aromatic N) is 2. The van der Waals surface area contributed by atoms with Crippen LogP contribution in [0.2, 0.25) is 0 Å². The maximum atomic E-state index is 12.3. The average molecular weight is 340 g/mol. The first-order valence-electron chi connectivity index (χ1n) is 9.02. The summed E-state index contributed by atoms with van der Waals surface area (Å²) in [5, 5.41) is 5.71. The van der Waals surface area contributed by atoms with E-state index < -0.39 is 6.09 Å². The minimum Gasteiger partial charge on any atom is -0.452 e. The molecule has 3 amide bonds. The molecule has 0 spiro atoms. The fourth-order valence-corrected chi connectivity index (χ4v) is 2.72. The van der Waals surface area contributed by atoms with Crippen LogP contribution in [0.25, 0.3) is 0 Å². The van der Waals surface area contributed by atoms with Crippen LogP contribution in [0, 0.1) is 0 Å². The summed E-state index contributed by atoms with van der Waals surface area (Å²) in [6, 6.07) is -0.128. The van der Waals surface area contributed by atoms with Crippen LogP contribution in [0.1, 0.15) is 64.7 Å². The monoisotopic (exact) mass is 340 g/mol. The number of hydrogen-bond donors (Lipinski definition) is 2. The van der Waals surface area contributed by atoms with E-state index in [0.717, 1.165) is 38.5 Å². The Labute approximate surface area is 145 Å². The van der Waals surface area contributed by atoms with Gasteiger partial charge < -0.3 is 10.1 Å². The lowest BCUT2D eigenvalue weighted by Crippen LogP contribution is -2.51. The molecule has 1 rings (SSSR count). The second-order valence-electron chi connectivity index (χ2n) is 6.23. The summed E-state index contributed by atoms with van der Waals surface area (Å²) in [6.45, 7) is 2.62. The molecule has 7 heteroatoms. The van der Waals surface area contributed by atoms with Crippen molar-refractivity contribution >= 4 is 18.1 Å². The minimum atomic E-state index is -0.559. The highest BCUT2D eigenvalue weighted by molar-refractivity contribution is 6.02. The second kappa shape index (κ2) is 11.7. The van der Waals surface area contributed by atoms with E-state index in [1.54, 1.807) is 0 Å². The van der Waals surface area contributed by atoms with E-state index in [2.05, 4.69) is 22.5 Å². The highest BCUT2D eigenvalue weighted by Crippen LogP contribution is 2.16. The Bertz CT molecular complexity index is 418. The number of urea groups is 1. The Kier molecular flexibility index (Phi) is 9.88. The Balaban J connectivity index is 2.61. The molecule has 24 heavy (non-hydrogen) atoms. The Morgan fingerprint density at radius 2 is 1.79 bits per heavy atom. The van der Waals surface area contributed by atoms with Crippen molar-refractivity contribution in [3.8, 4) is 0 Å². The van der Waals surface area contributed by atoms with Gasteiger partial charge in [-0.05, 0) is 19.3 Å². The molecule has 1 aliphatic carbocycles. The van der Waals surface area contributed by atoms with Gasteiger partial charge in [0.15, 0.2) is 0 Å². The summed E-state index contributed by atoms with van der Waals surface area (Å²) in [5.41, 5.74) is 0. The third kappa shape index (κ3) is 7.66. The van der Waals surface area contributed by atoms with E-state index in [9.17, 15) is 9.59 Å². The van der Waals surface area contributed by atoms with Gasteiger partial charge in [0.2, 0.25) is 5.96 Å². The van der Waals surface area contributed by atoms with Gasteiger partial charge in [-0.25, -0.2) is 9.59 Å². The van der Waals surface area contributed by atoms with Crippen molar-refractivity contribution < 1.29 is 14.3 Å². The zero-order chi connectivity index (χ0) is 17.8. The molecule has 1 aliphatic rings. The van der Waals surface area contributed by atoms with Crippen LogP contribution in [0.5, 0.6) is 0 Å². The SMILES string of the molecule is CCCCN=C(NC(=O)NC1CCCCCCC1)N(C)C(=O)OC. The molecule has 0 aliphatic heterocycles. The molecule has 1 fully saturated rings. The standard InChI is InChI=1S/C17H32N4O3/c1-4-5-13-18-15(21(2)17(23)24-3)20-16(22)19-14-11-9-7-6-8-10-12-14/h14H,4-13H2,1-3H3,(H2,18,19,20,22). The molecule has 138 valence electrons. The first-order valence-corrected chi connectivity index (χ1v) is 9.02. The van der Waals surface area contributed by atoms with Crippen LogP contribution in [-0.2, 0) is 4.74 Å². The fourth-order valence-electron chi connectivity index (χ4n) is 2.72. The normalized spacial score (nSPS) is 16.7. The van der Waals surface area contributed by atoms with E-state index in [4.69, 9.17) is 4.74 Å². The topological polar surface area (TPSA) is 83.0 Å². The molecule has 0 radical (unpaired) electrons. The van der Waals surface area contributed by atoms with Gasteiger partial charge in [-0.1, -0.05) is 45.4 Å². The number of carbonyl (C=O) groups is 2. The number of amides is 3. The van der Waals surface area contributed by atoms with Gasteiger partial charge in [-0.3, -0.25) is 15.2 Å². The molecule has 0 saturated heterocycles. The van der Waals surface area contributed by atoms with Gasteiger partial charge in [-0.2, -0.15) is 0 Å². The van der Waals surface area contributed by atoms with Crippen molar-refractivity contribution in [1.82, 2.24) is 15.5 Å². The molecule has 0 aromatic carbocycles. The van der Waals surface area contributed by atoms with Crippen molar-refractivity contribution in [2.24, 2.45) is 4.99 Å². The maximum Gasteiger partial charge on any atom is 0.416 e. The van der Waals surface area contributed by atoms with Gasteiger partial charge in [0.25, 0.3) is 0 Å². The number of unbranched alkanes of at least 4 members (excludes halogenated alkanes) is 1. The number of hydrogen-bond acceptors (Lipinski definition) is 4. The minimum absolute atomic E-state index is 0.186. The van der Waals surface area contributed by atoms with Crippen molar-refractivity contribution in [2.75, 3.05) is 20.7 Å². The van der Waals surface area contributed by atoms with Gasteiger partial charge in [0.05, 0.1) is 7.11 Å². The summed E-state index contributed by atoms with van der Waals surface area (Å²) < 4.78 is 4.70. The van der Waals surface area contributed by atoms with Crippen LogP contribution >= 0.6 is 0 Å². The first-order chi connectivity index (χ1) is 11.6. The number of carbonyl (C=O) groups excluding carboxylic acids is 2. The van der Waals surface area contributed by atoms with Gasteiger partial charge >= 0.3 is 12.1 Å². The van der Waals surface area contributed by atoms with E-state index in [-0.39, 0.29) is 18.0 Å². The molecule has 0 atom stereocenters. The lowest BCUT2D eigenvalue weighted by atomic mass is 9.97. The first kappa shape index (κ1) is 20.3. The molecule has 2 N–H and O–H groups in total. The number of rotatable bonds is 4. The summed E-state index contributed by atoms with van der Waals surface area (Å²) in [4.78, 5) is 29.5. The fraction of sp³-hybridized carbons (Fsp3) is 0.824. The van der Waals surface area contributed by atoms with Crippen molar-refractivity contribution in [3.63, 3.8) is 0 Å². The van der Waals surface area contributed by atoms with Crippen LogP contribution in [-0.4, -0.2) is 49.7 Å². The summed E-state index contributed by atoms with van der Waals surface area (Å²) >= 11 is 0. The van der Waals surface area contributed by atoms with E-state index >= 15 is 0 Å². The predicted octanol–water partition coefficient (Wildman–Crippen LogP) is 3.25. The Morgan fingerprint density at radius 1 is 1.17 bits per heavy atom. The van der Waals surface area contributed by atoms with Crippen molar-refractivity contribution in [1.29, 1.82) is 0 Å². The summed E-state index contributed by atoms with van der Waals surface area (Å²) in [6.07, 6.45) is 9.37. The zero-order valence-electron chi connectivity index (χ0n) is 15.3. The zero-order valence-corrected chi connectivity index (χ0v) is 15.3. The number of methoxy groups -OCH3 is 1. The molecular weight excluding hydrogens is 308 g/mol. The van der Waals surface area contributed by atoms with E-state index in [1.807, 2.05) is 0 Å². The Hall–Kier alpha value is -1.79. The predicted molar refractivity (Wildman–Crippen MR) is 95.2 cm³/mol. The van der Waals surface area contributed by atoms with E-state index in [0.29, 0.717) is 6.54 Å². The third-order valence-electron chi connectivity index (χ3n) is 4.21. The molecule has 0 aromatic rings. The Morgan fingerprint density at radius 3 is 2.38 bits per heavy atom. The number of ether oxygens (including phenoxy) is 1. The third-order valence-corrected chi connectivity index (χ3v) is 4.21. The summed E-state index contributed by atoms with van der Waals surface area (Å²) in [7, 11) is 2.84. The van der Waals surface area contributed by atoms with Crippen LogP contribution < -0.4 is 10.6 Å². The highest BCUT2D eigenvalue weighted by Gasteiger charge is 2.19. The van der Waals surface area contributed by atoms with Gasteiger partial charge in [0, 0.05) is 19.6 Å². The lowest BCUT2D eigenvalue weighted by Gasteiger charge is -2.23. The number of aliphatic imine (C=N–C) groups is 1. The van der Waals surface area contributed by atoms with Crippen molar-refractivity contribution in [2.45, 2.75) is 70.8 Å². The molecule has 0 heterocycles. The highest BCUT2D eigenvalue weighted by atomic mass is 16.5. The van der Waals surface area contributed by atoms with Crippen LogP contribution in [0.3, 0.4) is 0 Å². The smallest absolute Gasteiger partial charge is 0.416 e. The van der Waals surface area contributed by atoms with Gasteiger partial charge in [-0.15, -0.1) is 0 Å². The number of nitrogens with one attached hydrogen (secondary N) is 2. The summed E-state index contributed by atoms with van der Waals surface area (Å²) in [5.74, 6) is 0.221. The molecule has 0 unspecified atom stereocenters. The lowest BCUT2D eigenvalue weighted by molar-refractivity contribution is 0.151. The number of guanidine groups is 1.